The van der Waals surface area contributed by atoms with E-state index in [1.165, 1.54) is 29.7 Å². The fourth-order valence-electron chi connectivity index (χ4n) is 6.01. The van der Waals surface area contributed by atoms with Crippen LogP contribution in [0.4, 0.5) is 17.1 Å². The molecule has 6 rings (SSSR count). The van der Waals surface area contributed by atoms with Crippen LogP contribution in [0.3, 0.4) is 0 Å². The molecule has 1 saturated carbocycles. The van der Waals surface area contributed by atoms with Gasteiger partial charge in [-0.3, -0.25) is 20.0 Å². The minimum absolute atomic E-state index is 0. The van der Waals surface area contributed by atoms with Gasteiger partial charge in [-0.2, -0.15) is 12.1 Å². The van der Waals surface area contributed by atoms with E-state index in [0.717, 1.165) is 46.3 Å². The van der Waals surface area contributed by atoms with Crippen LogP contribution in [0, 0.1) is 31.6 Å². The average Bonchev–Trinajstić information content (AvgIpc) is 3.58. The first-order chi connectivity index (χ1) is 23.0. The predicted octanol–water partition coefficient (Wildman–Crippen LogP) is 12.3. The van der Waals surface area contributed by atoms with Gasteiger partial charge in [-0.1, -0.05) is 108 Å². The number of aliphatic imine (C=N–C) groups is 2. The van der Waals surface area contributed by atoms with Gasteiger partial charge in [0.15, 0.2) is 0 Å². The Morgan fingerprint density at radius 1 is 0.653 bits per heavy atom. The number of pyridine rings is 2. The van der Waals surface area contributed by atoms with Gasteiger partial charge >= 0.3 is 0 Å². The van der Waals surface area contributed by atoms with Crippen molar-refractivity contribution in [1.82, 2.24) is 9.97 Å². The third-order valence-corrected chi connectivity index (χ3v) is 8.84. The first-order valence-corrected chi connectivity index (χ1v) is 17.3. The van der Waals surface area contributed by atoms with E-state index in [1.807, 2.05) is 36.4 Å². The molecule has 255 valence electrons. The van der Waals surface area contributed by atoms with Gasteiger partial charge in [0.05, 0.1) is 11.4 Å². The molecule has 0 bridgehead atoms. The molecule has 0 saturated heterocycles. The predicted molar refractivity (Wildman–Crippen MR) is 205 cm³/mol. The van der Waals surface area contributed by atoms with Crippen molar-refractivity contribution in [3.8, 4) is 0 Å². The van der Waals surface area contributed by atoms with Crippen LogP contribution in [-0.4, -0.2) is 21.4 Å². The minimum atomic E-state index is 0. The van der Waals surface area contributed by atoms with Crippen LogP contribution in [0.25, 0.3) is 5.32 Å². The van der Waals surface area contributed by atoms with Crippen LogP contribution in [-0.2, 0) is 25.8 Å². The molecule has 6 heteroatoms. The topological polar surface area (TPSA) is 64.6 Å². The van der Waals surface area contributed by atoms with Crippen LogP contribution in [0.1, 0.15) is 102 Å². The zero-order chi connectivity index (χ0) is 34.6. The van der Waals surface area contributed by atoms with E-state index < -0.39 is 0 Å². The molecule has 1 fully saturated rings. The standard InChI is InChI=1S/C31H40N3.2C6H6N.Sc/c1-19(2)24-11-10-12-25(20(3)4)31(24)34-28-18-17-23(7)30(28)33-27-14-9-8-13-26(27)32-29-21(5)15-16-22(29)6;2*1-6-4-2-3-5-7-6;/h8-14,18-23H,15-17H2,1-7H3;2*2-5H,1H2;/q3*-1;. The van der Waals surface area contributed by atoms with Crippen LogP contribution in [0.5, 0.6) is 0 Å². The van der Waals surface area contributed by atoms with Gasteiger partial charge < -0.3 is 5.32 Å². The SMILES string of the molecule is CC1CC=C([N-]c2c(C(C)C)cccc2C(C)C)C1=Nc1ccccc1N=C1C(C)CCC1C.[CH2-]c1ccccn1.[CH2-]c1ccccn1.[Sc]. The number of para-hydroxylation sites is 3. The molecular formula is C43H52N5Sc-3. The zero-order valence-corrected chi connectivity index (χ0v) is 32.3. The number of nitrogens with zero attached hydrogens (tertiary/aromatic N) is 5. The number of rotatable bonds is 6. The molecule has 5 nitrogen and oxygen atoms in total. The third kappa shape index (κ3) is 11.4. The van der Waals surface area contributed by atoms with E-state index >= 15 is 0 Å². The molecule has 3 unspecified atom stereocenters. The summed E-state index contributed by atoms with van der Waals surface area (Å²) in [5, 5.41) is 5.28. The van der Waals surface area contributed by atoms with Gasteiger partial charge in [-0.05, 0) is 55.1 Å². The summed E-state index contributed by atoms with van der Waals surface area (Å²) in [4.78, 5) is 18.1. The van der Waals surface area contributed by atoms with Crippen LogP contribution in [0.2, 0.25) is 0 Å². The number of aromatic nitrogens is 2. The Morgan fingerprint density at radius 3 is 1.57 bits per heavy atom. The summed E-state index contributed by atoms with van der Waals surface area (Å²) < 4.78 is 0. The van der Waals surface area contributed by atoms with Gasteiger partial charge in [-0.25, -0.2) is 13.8 Å². The number of hydrogen-bond donors (Lipinski definition) is 0. The molecule has 2 aliphatic carbocycles. The van der Waals surface area contributed by atoms with Crippen LogP contribution < -0.4 is 0 Å². The van der Waals surface area contributed by atoms with Crippen molar-refractivity contribution in [3.63, 3.8) is 0 Å². The maximum Gasteiger partial charge on any atom is 0.0889 e. The quantitative estimate of drug-likeness (QED) is 0.190. The Balaban J connectivity index is 0.000000357. The molecule has 1 radical (unpaired) electrons. The summed E-state index contributed by atoms with van der Waals surface area (Å²) in [7, 11) is 0. The van der Waals surface area contributed by atoms with Crippen molar-refractivity contribution < 1.29 is 25.8 Å². The van der Waals surface area contributed by atoms with Crippen molar-refractivity contribution in [2.75, 3.05) is 0 Å². The molecule has 0 aliphatic heterocycles. The molecule has 2 heterocycles. The summed E-state index contributed by atoms with van der Waals surface area (Å²) in [6, 6.07) is 26.2. The summed E-state index contributed by atoms with van der Waals surface area (Å²) in [6.45, 7) is 23.1. The summed E-state index contributed by atoms with van der Waals surface area (Å²) in [5.41, 5.74) is 10.7. The molecule has 3 atom stereocenters. The fraction of sp³-hybridized carbons (Fsp3) is 0.349. The Kier molecular flexibility index (Phi) is 15.7. The monoisotopic (exact) mass is 683 g/mol. The molecule has 49 heavy (non-hydrogen) atoms. The normalized spacial score (nSPS) is 19.0. The van der Waals surface area contributed by atoms with E-state index in [4.69, 9.17) is 15.3 Å². The Morgan fingerprint density at radius 2 is 1.14 bits per heavy atom. The second-order valence-electron chi connectivity index (χ2n) is 13.5. The molecule has 4 aromatic rings. The Bertz CT molecular complexity index is 1620. The van der Waals surface area contributed by atoms with Gasteiger partial charge in [0, 0.05) is 55.6 Å². The van der Waals surface area contributed by atoms with Gasteiger partial charge in [0.1, 0.15) is 0 Å². The number of allylic oxidation sites excluding steroid dienone is 2. The van der Waals surface area contributed by atoms with Crippen LogP contribution >= 0.6 is 0 Å². The van der Waals surface area contributed by atoms with Crippen molar-refractivity contribution in [3.05, 3.63) is 145 Å². The maximum atomic E-state index is 5.28. The van der Waals surface area contributed by atoms with Crippen molar-refractivity contribution in [1.29, 1.82) is 0 Å². The molecular weight excluding hydrogens is 631 g/mol. The summed E-state index contributed by atoms with van der Waals surface area (Å²) in [5.74, 6) is 2.29. The van der Waals surface area contributed by atoms with E-state index in [1.54, 1.807) is 12.4 Å². The molecule has 2 aromatic carbocycles. The smallest absolute Gasteiger partial charge is 0.0889 e. The Labute approximate surface area is 314 Å². The van der Waals surface area contributed by atoms with Gasteiger partial charge in [-0.15, -0.1) is 34.9 Å². The minimum Gasteiger partial charge on any atom is -0.656 e. The van der Waals surface area contributed by atoms with Crippen LogP contribution in [0.15, 0.2) is 113 Å². The molecule has 2 aromatic heterocycles. The molecule has 0 N–H and O–H groups in total. The first kappa shape index (κ1) is 39.7. The van der Waals surface area contributed by atoms with Crippen molar-refractivity contribution in [2.45, 2.75) is 79.6 Å². The third-order valence-electron chi connectivity index (χ3n) is 8.84. The van der Waals surface area contributed by atoms with Gasteiger partial charge in [0.25, 0.3) is 0 Å². The van der Waals surface area contributed by atoms with E-state index in [9.17, 15) is 0 Å². The molecule has 2 aliphatic rings. The van der Waals surface area contributed by atoms with E-state index in [0.29, 0.717) is 29.6 Å². The summed E-state index contributed by atoms with van der Waals surface area (Å²) in [6.07, 6.45) is 9.15. The number of hydrogen-bond acceptors (Lipinski definition) is 4. The molecule has 0 amide bonds. The summed E-state index contributed by atoms with van der Waals surface area (Å²) >= 11 is 0. The maximum absolute atomic E-state index is 5.28. The van der Waals surface area contributed by atoms with Crippen molar-refractivity contribution in [2.24, 2.45) is 27.7 Å². The van der Waals surface area contributed by atoms with Gasteiger partial charge in [0.2, 0.25) is 0 Å². The second kappa shape index (κ2) is 19.4. The van der Waals surface area contributed by atoms with E-state index in [2.05, 4.69) is 121 Å². The fourth-order valence-corrected chi connectivity index (χ4v) is 6.01. The second-order valence-corrected chi connectivity index (χ2v) is 13.5. The Hall–Kier alpha value is -3.77. The van der Waals surface area contributed by atoms with E-state index in [-0.39, 0.29) is 25.8 Å². The van der Waals surface area contributed by atoms with Crippen molar-refractivity contribution >= 4 is 28.5 Å². The molecule has 0 spiro atoms. The average molecular weight is 684 g/mol. The largest absolute Gasteiger partial charge is 0.656 e. The number of benzene rings is 2. The first-order valence-electron chi connectivity index (χ1n) is 17.3. The zero-order valence-electron chi connectivity index (χ0n) is 30.5.